The predicted octanol–water partition coefficient (Wildman–Crippen LogP) is 5.19. The minimum absolute atomic E-state index is 0.262. The van der Waals surface area contributed by atoms with Crippen LogP contribution in [0.3, 0.4) is 0 Å². The Bertz CT molecular complexity index is 1230. The molecule has 0 fully saturated rings. The second kappa shape index (κ2) is 9.64. The van der Waals surface area contributed by atoms with Gasteiger partial charge in [0, 0.05) is 12.1 Å². The molecule has 0 aliphatic heterocycles. The lowest BCUT2D eigenvalue weighted by molar-refractivity contribution is 0.0949. The van der Waals surface area contributed by atoms with Gasteiger partial charge in [0.15, 0.2) is 0 Å². The van der Waals surface area contributed by atoms with Crippen molar-refractivity contribution >= 4 is 16.9 Å². The molecule has 5 nitrogen and oxygen atoms in total. The number of carbonyl (C=O) groups excluding carboxylic acids is 1. The van der Waals surface area contributed by atoms with E-state index in [1.165, 1.54) is 29.8 Å². The Labute approximate surface area is 186 Å². The van der Waals surface area contributed by atoms with Gasteiger partial charge < -0.3 is 14.6 Å². The third-order valence-corrected chi connectivity index (χ3v) is 5.36. The van der Waals surface area contributed by atoms with E-state index in [9.17, 15) is 9.18 Å². The van der Waals surface area contributed by atoms with Gasteiger partial charge in [-0.2, -0.15) is 0 Å². The average Bonchev–Trinajstić information content (AvgIpc) is 3.14. The highest BCUT2D eigenvalue weighted by Gasteiger charge is 2.13. The van der Waals surface area contributed by atoms with E-state index in [0.717, 1.165) is 34.6 Å². The van der Waals surface area contributed by atoms with Crippen molar-refractivity contribution in [3.8, 4) is 5.75 Å². The SMILES string of the molecule is Cc1ccc(OCCCn2c(CNC(=O)c3ccc(F)cc3)nc3ccccc32)c(C)c1. The topological polar surface area (TPSA) is 56.1 Å². The molecule has 1 heterocycles. The number of hydrogen-bond acceptors (Lipinski definition) is 3. The van der Waals surface area contributed by atoms with Crippen molar-refractivity contribution < 1.29 is 13.9 Å². The Morgan fingerprint density at radius 1 is 1.06 bits per heavy atom. The number of rotatable bonds is 8. The van der Waals surface area contributed by atoms with E-state index in [1.807, 2.05) is 43.3 Å². The van der Waals surface area contributed by atoms with Crippen LogP contribution in [-0.4, -0.2) is 22.1 Å². The summed E-state index contributed by atoms with van der Waals surface area (Å²) in [4.78, 5) is 17.1. The molecule has 0 atom stereocenters. The molecule has 1 amide bonds. The van der Waals surface area contributed by atoms with Crippen LogP contribution < -0.4 is 10.1 Å². The molecule has 3 aromatic carbocycles. The van der Waals surface area contributed by atoms with E-state index in [4.69, 9.17) is 9.72 Å². The molecule has 0 spiro atoms. The molecule has 6 heteroatoms. The van der Waals surface area contributed by atoms with Crippen LogP contribution in [0.5, 0.6) is 5.75 Å². The van der Waals surface area contributed by atoms with Crippen LogP contribution in [0.2, 0.25) is 0 Å². The molecule has 0 bridgehead atoms. The first kappa shape index (κ1) is 21.6. The molecular weight excluding hydrogens is 405 g/mol. The molecule has 0 saturated heterocycles. The van der Waals surface area contributed by atoms with Gasteiger partial charge in [0.1, 0.15) is 17.4 Å². The Morgan fingerprint density at radius 2 is 1.84 bits per heavy atom. The standard InChI is InChI=1S/C26H26FN3O2/c1-18-8-13-24(19(2)16-18)32-15-5-14-30-23-7-4-3-6-22(23)29-25(30)17-28-26(31)20-9-11-21(27)12-10-20/h3-4,6-13,16H,5,14-15,17H2,1-2H3,(H,28,31). The molecule has 4 aromatic rings. The van der Waals surface area contributed by atoms with Crippen molar-refractivity contribution in [2.45, 2.75) is 33.4 Å². The lowest BCUT2D eigenvalue weighted by Crippen LogP contribution is -2.25. The maximum Gasteiger partial charge on any atom is 0.251 e. The number of para-hydroxylation sites is 2. The quantitative estimate of drug-likeness (QED) is 0.391. The van der Waals surface area contributed by atoms with Crippen LogP contribution in [0.4, 0.5) is 4.39 Å². The van der Waals surface area contributed by atoms with Crippen molar-refractivity contribution in [3.63, 3.8) is 0 Å². The molecule has 1 N–H and O–H groups in total. The Balaban J connectivity index is 1.43. The predicted molar refractivity (Wildman–Crippen MR) is 123 cm³/mol. The van der Waals surface area contributed by atoms with Gasteiger partial charge >= 0.3 is 0 Å². The van der Waals surface area contributed by atoms with Gasteiger partial charge in [0.2, 0.25) is 0 Å². The summed E-state index contributed by atoms with van der Waals surface area (Å²) in [5, 5.41) is 2.89. The maximum atomic E-state index is 13.1. The van der Waals surface area contributed by atoms with E-state index in [2.05, 4.69) is 22.9 Å². The average molecular weight is 432 g/mol. The number of ether oxygens (including phenoxy) is 1. The van der Waals surface area contributed by atoms with Crippen molar-refractivity contribution in [3.05, 3.63) is 95.1 Å². The van der Waals surface area contributed by atoms with Gasteiger partial charge in [0.25, 0.3) is 5.91 Å². The van der Waals surface area contributed by atoms with Crippen molar-refractivity contribution in [2.24, 2.45) is 0 Å². The number of amides is 1. The van der Waals surface area contributed by atoms with E-state index < -0.39 is 0 Å². The van der Waals surface area contributed by atoms with Gasteiger partial charge in [-0.05, 0) is 68.3 Å². The van der Waals surface area contributed by atoms with E-state index >= 15 is 0 Å². The Hall–Kier alpha value is -3.67. The van der Waals surface area contributed by atoms with E-state index in [-0.39, 0.29) is 18.3 Å². The first-order chi connectivity index (χ1) is 15.5. The van der Waals surface area contributed by atoms with Gasteiger partial charge in [-0.1, -0.05) is 29.8 Å². The highest BCUT2D eigenvalue weighted by Crippen LogP contribution is 2.20. The third kappa shape index (κ3) is 4.97. The fraction of sp³-hybridized carbons (Fsp3) is 0.231. The summed E-state index contributed by atoms with van der Waals surface area (Å²) in [7, 11) is 0. The van der Waals surface area contributed by atoms with Crippen molar-refractivity contribution in [1.82, 2.24) is 14.9 Å². The number of nitrogens with one attached hydrogen (secondary N) is 1. The first-order valence-corrected chi connectivity index (χ1v) is 10.7. The van der Waals surface area contributed by atoms with Crippen LogP contribution in [0, 0.1) is 19.7 Å². The normalized spacial score (nSPS) is 11.0. The molecule has 0 radical (unpaired) electrons. The molecule has 0 aliphatic carbocycles. The number of benzene rings is 3. The monoisotopic (exact) mass is 431 g/mol. The van der Waals surface area contributed by atoms with Crippen LogP contribution in [-0.2, 0) is 13.1 Å². The van der Waals surface area contributed by atoms with Crippen LogP contribution in [0.1, 0.15) is 33.7 Å². The summed E-state index contributed by atoms with van der Waals surface area (Å²) in [6.07, 6.45) is 0.798. The minimum atomic E-state index is -0.369. The number of carbonyl (C=O) groups is 1. The van der Waals surface area contributed by atoms with Crippen LogP contribution in [0.25, 0.3) is 11.0 Å². The number of hydrogen-bond donors (Lipinski definition) is 1. The highest BCUT2D eigenvalue weighted by molar-refractivity contribution is 5.94. The van der Waals surface area contributed by atoms with Crippen molar-refractivity contribution in [1.29, 1.82) is 0 Å². The number of aromatic nitrogens is 2. The second-order valence-corrected chi connectivity index (χ2v) is 7.83. The van der Waals surface area contributed by atoms with E-state index in [1.54, 1.807) is 0 Å². The van der Waals surface area contributed by atoms with Crippen LogP contribution in [0.15, 0.2) is 66.7 Å². The smallest absolute Gasteiger partial charge is 0.251 e. The summed E-state index contributed by atoms with van der Waals surface area (Å²) < 4.78 is 21.2. The summed E-state index contributed by atoms with van der Waals surface area (Å²) in [5.41, 5.74) is 4.66. The highest BCUT2D eigenvalue weighted by atomic mass is 19.1. The summed E-state index contributed by atoms with van der Waals surface area (Å²) in [6.45, 7) is 5.69. The number of nitrogens with zero attached hydrogens (tertiary/aromatic N) is 2. The summed E-state index contributed by atoms with van der Waals surface area (Å²) >= 11 is 0. The van der Waals surface area contributed by atoms with Gasteiger partial charge in [-0.3, -0.25) is 4.79 Å². The lowest BCUT2D eigenvalue weighted by atomic mass is 10.1. The summed E-state index contributed by atoms with van der Waals surface area (Å²) in [5.74, 6) is 1.04. The van der Waals surface area contributed by atoms with Crippen LogP contribution >= 0.6 is 0 Å². The number of imidazole rings is 1. The zero-order chi connectivity index (χ0) is 22.5. The zero-order valence-electron chi connectivity index (χ0n) is 18.3. The third-order valence-electron chi connectivity index (χ3n) is 5.36. The lowest BCUT2D eigenvalue weighted by Gasteiger charge is -2.12. The molecule has 4 rings (SSSR count). The molecule has 1 aromatic heterocycles. The fourth-order valence-electron chi connectivity index (χ4n) is 3.74. The summed E-state index contributed by atoms with van der Waals surface area (Å²) in [6, 6.07) is 19.6. The molecule has 164 valence electrons. The largest absolute Gasteiger partial charge is 0.493 e. The molecule has 0 saturated carbocycles. The number of halogens is 1. The zero-order valence-corrected chi connectivity index (χ0v) is 18.3. The van der Waals surface area contributed by atoms with Gasteiger partial charge in [-0.15, -0.1) is 0 Å². The molecule has 0 unspecified atom stereocenters. The van der Waals surface area contributed by atoms with Gasteiger partial charge in [-0.25, -0.2) is 9.37 Å². The second-order valence-electron chi connectivity index (χ2n) is 7.83. The minimum Gasteiger partial charge on any atom is -0.493 e. The van der Waals surface area contributed by atoms with E-state index in [0.29, 0.717) is 18.7 Å². The van der Waals surface area contributed by atoms with Gasteiger partial charge in [0.05, 0.1) is 24.2 Å². The fourth-order valence-corrected chi connectivity index (χ4v) is 3.74. The number of aryl methyl sites for hydroxylation is 3. The molecule has 0 aliphatic rings. The van der Waals surface area contributed by atoms with Crippen molar-refractivity contribution in [2.75, 3.05) is 6.61 Å². The Morgan fingerprint density at radius 3 is 2.62 bits per heavy atom. The molecule has 32 heavy (non-hydrogen) atoms. The molecular formula is C26H26FN3O2. The number of fused-ring (bicyclic) bond motifs is 1. The Kier molecular flexibility index (Phi) is 6.50. The first-order valence-electron chi connectivity index (χ1n) is 10.7. The maximum absolute atomic E-state index is 13.1.